The molecule has 0 unspecified atom stereocenters. The number of carbonyl (C=O) groups is 1. The molecular weight excluding hydrogens is 591 g/mol. The topological polar surface area (TPSA) is 104 Å². The summed E-state index contributed by atoms with van der Waals surface area (Å²) in [5, 5.41) is 6.75. The van der Waals surface area contributed by atoms with Crippen LogP contribution < -0.4 is 20.1 Å². The Labute approximate surface area is 250 Å². The van der Waals surface area contributed by atoms with Crippen molar-refractivity contribution in [2.24, 2.45) is 0 Å². The lowest BCUT2D eigenvalue weighted by atomic mass is 10.2. The summed E-state index contributed by atoms with van der Waals surface area (Å²) in [5.74, 6) is 0.836. The number of carbonyl (C=O) groups excluding carboxylic acids is 1. The van der Waals surface area contributed by atoms with Crippen LogP contribution in [0.5, 0.6) is 11.6 Å². The van der Waals surface area contributed by atoms with Gasteiger partial charge in [-0.2, -0.15) is 4.98 Å². The number of benzene rings is 2. The second-order valence-electron chi connectivity index (χ2n) is 9.93. The average molecular weight is 621 g/mol. The van der Waals surface area contributed by atoms with E-state index in [1.165, 1.54) is 18.5 Å². The molecule has 5 rings (SSSR count). The average Bonchev–Trinajstić information content (AvgIpc) is 3.57. The van der Waals surface area contributed by atoms with Crippen LogP contribution in [-0.2, 0) is 20.9 Å². The van der Waals surface area contributed by atoms with Crippen molar-refractivity contribution in [2.45, 2.75) is 50.4 Å². The summed E-state index contributed by atoms with van der Waals surface area (Å²) in [6, 6.07) is 11.3. The molecular formula is C28H30ClFN4O5S2. The second-order valence-corrected chi connectivity index (χ2v) is 13.1. The Kier molecular flexibility index (Phi) is 9.76. The molecule has 41 heavy (non-hydrogen) atoms. The molecule has 2 N–H and O–H groups in total. The van der Waals surface area contributed by atoms with Gasteiger partial charge in [0.1, 0.15) is 42.9 Å². The van der Waals surface area contributed by atoms with Crippen LogP contribution in [0.4, 0.5) is 21.6 Å². The summed E-state index contributed by atoms with van der Waals surface area (Å²) in [6.07, 6.45) is 2.40. The fourth-order valence-corrected chi connectivity index (χ4v) is 7.36. The van der Waals surface area contributed by atoms with E-state index in [1.807, 2.05) is 13.8 Å². The first kappa shape index (κ1) is 29.7. The van der Waals surface area contributed by atoms with Gasteiger partial charge in [0, 0.05) is 23.1 Å². The number of aromatic nitrogens is 2. The van der Waals surface area contributed by atoms with E-state index < -0.39 is 5.79 Å². The summed E-state index contributed by atoms with van der Waals surface area (Å²) in [7, 11) is 3.50. The molecule has 3 heterocycles. The number of nitrogens with one attached hydrogen (secondary N) is 2. The van der Waals surface area contributed by atoms with Crippen LogP contribution in [0.15, 0.2) is 48.8 Å². The molecule has 2 atom stereocenters. The Bertz CT molecular complexity index is 1380. The lowest BCUT2D eigenvalue weighted by molar-refractivity contribution is -0.141. The first-order valence-electron chi connectivity index (χ1n) is 13.1. The van der Waals surface area contributed by atoms with Crippen molar-refractivity contribution in [3.8, 4) is 11.6 Å². The largest absolute Gasteiger partial charge is 0.487 e. The number of amides is 1. The van der Waals surface area contributed by atoms with E-state index in [-0.39, 0.29) is 42.2 Å². The summed E-state index contributed by atoms with van der Waals surface area (Å²) >= 11 is 6.49. The minimum absolute atomic E-state index is 0.159. The Balaban J connectivity index is 1.31. The summed E-state index contributed by atoms with van der Waals surface area (Å²) in [5.41, 5.74) is 1.60. The third kappa shape index (κ3) is 8.39. The number of ether oxygens (including phenoxy) is 4. The quantitative estimate of drug-likeness (QED) is 0.228. The predicted molar refractivity (Wildman–Crippen MR) is 160 cm³/mol. The SMILES string of the molecule is CC1(C)OC[C@H](COc2ncnc(Nc3ccc(OCc4cccc(F)c4)c(Cl)c3)c2NC(=O)C[C@H]2CCSS2)O1. The highest BCUT2D eigenvalue weighted by molar-refractivity contribution is 8.77. The zero-order valence-corrected chi connectivity index (χ0v) is 24.9. The standard InChI is InChI=1S/C28H30ClFN4O5S2/c1-28(2)38-15-20(39-28)14-37-27-25(34-24(35)12-21-8-9-40-41-21)26(31-16-32-27)33-19-6-7-23(22(29)11-19)36-13-17-4-3-5-18(30)10-17/h3-7,10-11,16,20-21H,8-9,12-15H2,1-2H3,(H,34,35)(H,31,32,33)/t20-,21+/m0/s1. The molecule has 1 amide bonds. The fraction of sp³-hybridized carbons (Fsp3) is 0.393. The van der Waals surface area contributed by atoms with Crippen molar-refractivity contribution >= 4 is 56.3 Å². The molecule has 0 radical (unpaired) electrons. The van der Waals surface area contributed by atoms with Crippen molar-refractivity contribution in [3.63, 3.8) is 0 Å². The lowest BCUT2D eigenvalue weighted by Gasteiger charge is -2.19. The molecule has 2 aliphatic rings. The molecule has 2 aromatic carbocycles. The maximum absolute atomic E-state index is 13.5. The fourth-order valence-electron chi connectivity index (χ4n) is 4.23. The first-order chi connectivity index (χ1) is 19.7. The maximum atomic E-state index is 13.5. The maximum Gasteiger partial charge on any atom is 0.243 e. The highest BCUT2D eigenvalue weighted by Gasteiger charge is 2.33. The van der Waals surface area contributed by atoms with Crippen LogP contribution in [0.1, 0.15) is 32.3 Å². The van der Waals surface area contributed by atoms with E-state index >= 15 is 0 Å². The Morgan fingerprint density at radius 2 is 2.10 bits per heavy atom. The van der Waals surface area contributed by atoms with Crippen LogP contribution in [0.3, 0.4) is 0 Å². The molecule has 0 bridgehead atoms. The molecule has 218 valence electrons. The van der Waals surface area contributed by atoms with Crippen LogP contribution >= 0.6 is 33.2 Å². The van der Waals surface area contributed by atoms with Crippen LogP contribution in [0.2, 0.25) is 5.02 Å². The smallest absolute Gasteiger partial charge is 0.243 e. The Hall–Kier alpha value is -2.77. The number of hydrogen-bond acceptors (Lipinski definition) is 10. The van der Waals surface area contributed by atoms with Crippen molar-refractivity contribution in [1.29, 1.82) is 0 Å². The molecule has 2 fully saturated rings. The molecule has 9 nitrogen and oxygen atoms in total. The first-order valence-corrected chi connectivity index (χ1v) is 15.8. The molecule has 2 aliphatic heterocycles. The highest BCUT2D eigenvalue weighted by Crippen LogP contribution is 2.40. The van der Waals surface area contributed by atoms with Crippen LogP contribution in [0, 0.1) is 5.82 Å². The van der Waals surface area contributed by atoms with Gasteiger partial charge in [-0.15, -0.1) is 0 Å². The molecule has 1 aromatic heterocycles. The van der Waals surface area contributed by atoms with Crippen molar-refractivity contribution in [2.75, 3.05) is 29.6 Å². The van der Waals surface area contributed by atoms with Gasteiger partial charge in [0.05, 0.1) is 11.6 Å². The van der Waals surface area contributed by atoms with Gasteiger partial charge in [-0.25, -0.2) is 9.37 Å². The minimum atomic E-state index is -0.688. The highest BCUT2D eigenvalue weighted by atomic mass is 35.5. The van der Waals surface area contributed by atoms with Crippen molar-refractivity contribution in [1.82, 2.24) is 9.97 Å². The third-order valence-electron chi connectivity index (χ3n) is 6.17. The lowest BCUT2D eigenvalue weighted by Crippen LogP contribution is -2.26. The van der Waals surface area contributed by atoms with Gasteiger partial charge in [-0.05, 0) is 56.2 Å². The number of nitrogens with zero attached hydrogens (tertiary/aromatic N) is 2. The van der Waals surface area contributed by atoms with E-state index in [0.29, 0.717) is 46.6 Å². The van der Waals surface area contributed by atoms with Gasteiger partial charge < -0.3 is 29.6 Å². The molecule has 13 heteroatoms. The van der Waals surface area contributed by atoms with Crippen molar-refractivity contribution in [3.05, 3.63) is 65.2 Å². The third-order valence-corrected chi connectivity index (χ3v) is 9.40. The normalized spacial score (nSPS) is 19.6. The van der Waals surface area contributed by atoms with E-state index in [2.05, 4.69) is 20.6 Å². The van der Waals surface area contributed by atoms with Gasteiger partial charge in [0.2, 0.25) is 11.8 Å². The van der Waals surface area contributed by atoms with Gasteiger partial charge in [0.15, 0.2) is 11.6 Å². The minimum Gasteiger partial charge on any atom is -0.487 e. The summed E-state index contributed by atoms with van der Waals surface area (Å²) in [6.45, 7) is 4.41. The van der Waals surface area contributed by atoms with Crippen LogP contribution in [-0.4, -0.2) is 52.0 Å². The summed E-state index contributed by atoms with van der Waals surface area (Å²) < 4.78 is 36.7. The number of anilines is 3. The van der Waals surface area contributed by atoms with Gasteiger partial charge in [-0.3, -0.25) is 4.79 Å². The van der Waals surface area contributed by atoms with Gasteiger partial charge >= 0.3 is 0 Å². The summed E-state index contributed by atoms with van der Waals surface area (Å²) in [4.78, 5) is 21.7. The number of halogens is 2. The number of hydrogen-bond donors (Lipinski definition) is 2. The van der Waals surface area contributed by atoms with Gasteiger partial charge in [-0.1, -0.05) is 45.3 Å². The van der Waals surface area contributed by atoms with Crippen molar-refractivity contribution < 1.29 is 28.1 Å². The van der Waals surface area contributed by atoms with E-state index in [0.717, 1.165) is 12.2 Å². The zero-order valence-electron chi connectivity index (χ0n) is 22.5. The Morgan fingerprint density at radius 3 is 2.83 bits per heavy atom. The van der Waals surface area contributed by atoms with Gasteiger partial charge in [0.25, 0.3) is 0 Å². The van der Waals surface area contributed by atoms with E-state index in [4.69, 9.17) is 30.5 Å². The molecule has 3 aromatic rings. The van der Waals surface area contributed by atoms with E-state index in [9.17, 15) is 9.18 Å². The second kappa shape index (κ2) is 13.5. The van der Waals surface area contributed by atoms with E-state index in [1.54, 1.807) is 51.9 Å². The molecule has 2 saturated heterocycles. The zero-order chi connectivity index (χ0) is 28.8. The molecule has 0 aliphatic carbocycles. The number of rotatable bonds is 11. The predicted octanol–water partition coefficient (Wildman–Crippen LogP) is 6.60. The Morgan fingerprint density at radius 1 is 1.22 bits per heavy atom. The monoisotopic (exact) mass is 620 g/mol. The molecule has 0 spiro atoms. The van der Waals surface area contributed by atoms with Crippen LogP contribution in [0.25, 0.3) is 0 Å². The molecule has 0 saturated carbocycles.